The molecule has 0 radical (unpaired) electrons. The Morgan fingerprint density at radius 2 is 2.40 bits per heavy atom. The molecular weight excluding hydrogens is 190 g/mol. The molecule has 4 heteroatoms. The lowest BCUT2D eigenvalue weighted by Gasteiger charge is -2.33. The van der Waals surface area contributed by atoms with Gasteiger partial charge in [0.2, 0.25) is 0 Å². The van der Waals surface area contributed by atoms with Crippen LogP contribution in [0.1, 0.15) is 13.8 Å². The third kappa shape index (κ3) is 1.85. The Kier molecular flexibility index (Phi) is 2.44. The van der Waals surface area contributed by atoms with Gasteiger partial charge < -0.3 is 10.2 Å². The van der Waals surface area contributed by atoms with Crippen LogP contribution >= 0.6 is 0 Å². The molecule has 4 nitrogen and oxygen atoms in total. The lowest BCUT2D eigenvalue weighted by molar-refractivity contribution is 0.186. The first kappa shape index (κ1) is 9.74. The van der Waals surface area contributed by atoms with Gasteiger partial charge in [-0.2, -0.15) is 0 Å². The minimum atomic E-state index is -0.0521. The molecule has 0 aromatic heterocycles. The van der Waals surface area contributed by atoms with Crippen molar-refractivity contribution in [1.29, 1.82) is 0 Å². The van der Waals surface area contributed by atoms with Gasteiger partial charge in [-0.25, -0.2) is 9.79 Å². The minimum Gasteiger partial charge on any atom is -0.318 e. The first-order valence-electron chi connectivity index (χ1n) is 4.94. The molecule has 2 rings (SSSR count). The molecule has 0 bridgehead atoms. The maximum atomic E-state index is 11.7. The molecule has 2 heterocycles. The fourth-order valence-corrected chi connectivity index (χ4v) is 1.56. The number of hydrogen-bond donors (Lipinski definition) is 1. The molecule has 2 amide bonds. The van der Waals surface area contributed by atoms with Crippen LogP contribution in [0.5, 0.6) is 0 Å². The molecule has 78 valence electrons. The van der Waals surface area contributed by atoms with E-state index in [2.05, 4.69) is 16.2 Å². The summed E-state index contributed by atoms with van der Waals surface area (Å²) in [4.78, 5) is 17.4. The Hall–Kier alpha value is -1.80. The fourth-order valence-electron chi connectivity index (χ4n) is 1.56. The van der Waals surface area contributed by atoms with Crippen LogP contribution in [0, 0.1) is 0 Å². The van der Waals surface area contributed by atoms with E-state index >= 15 is 0 Å². The fraction of sp³-hybridized carbons (Fsp3) is 0.364. The van der Waals surface area contributed by atoms with Gasteiger partial charge in [0.25, 0.3) is 0 Å². The standard InChI is InChI=1S/C11H13N3O/c1-8(2)14-7-9-6-12-5-3-4-10(9)13-11(14)15/h3-4,6,8H,7H2,1-2H3,(H,13,15). The number of aliphatic imine (C=N–C) groups is 1. The number of carbonyl (C=O) groups is 1. The quantitative estimate of drug-likeness (QED) is 0.688. The molecule has 1 N–H and O–H groups in total. The number of allylic oxidation sites excluding steroid dienone is 2. The average Bonchev–Trinajstić information content (AvgIpc) is 2.40. The van der Waals surface area contributed by atoms with E-state index in [1.807, 2.05) is 19.9 Å². The van der Waals surface area contributed by atoms with E-state index in [4.69, 9.17) is 0 Å². The van der Waals surface area contributed by atoms with Crippen LogP contribution in [0.15, 0.2) is 34.6 Å². The van der Waals surface area contributed by atoms with Crippen LogP contribution in [0.2, 0.25) is 0 Å². The molecule has 2 aliphatic rings. The van der Waals surface area contributed by atoms with Crippen LogP contribution in [0.4, 0.5) is 4.79 Å². The summed E-state index contributed by atoms with van der Waals surface area (Å²) in [6.45, 7) is 4.59. The molecule has 1 fully saturated rings. The maximum absolute atomic E-state index is 11.7. The van der Waals surface area contributed by atoms with Crippen LogP contribution < -0.4 is 5.32 Å². The third-order valence-electron chi connectivity index (χ3n) is 2.43. The lowest BCUT2D eigenvalue weighted by Crippen LogP contribution is -2.49. The van der Waals surface area contributed by atoms with E-state index in [9.17, 15) is 4.79 Å². The maximum Gasteiger partial charge on any atom is 0.322 e. The van der Waals surface area contributed by atoms with Crippen molar-refractivity contribution in [3.05, 3.63) is 29.6 Å². The van der Waals surface area contributed by atoms with Crippen LogP contribution in [0.25, 0.3) is 0 Å². The highest BCUT2D eigenvalue weighted by molar-refractivity contribution is 5.80. The van der Waals surface area contributed by atoms with Crippen molar-refractivity contribution in [3.63, 3.8) is 0 Å². The second-order valence-corrected chi connectivity index (χ2v) is 3.81. The number of amides is 2. The van der Waals surface area contributed by atoms with Gasteiger partial charge in [-0.15, -0.1) is 0 Å². The van der Waals surface area contributed by atoms with Gasteiger partial charge in [0, 0.05) is 29.6 Å². The van der Waals surface area contributed by atoms with Crippen molar-refractivity contribution in [3.8, 4) is 0 Å². The summed E-state index contributed by atoms with van der Waals surface area (Å²) in [6, 6.07) is 0.136. The number of nitrogens with zero attached hydrogens (tertiary/aromatic N) is 2. The number of fused-ring (bicyclic) bond motifs is 1. The largest absolute Gasteiger partial charge is 0.322 e. The van der Waals surface area contributed by atoms with E-state index in [0.717, 1.165) is 11.3 Å². The molecule has 1 saturated heterocycles. The topological polar surface area (TPSA) is 44.7 Å². The van der Waals surface area contributed by atoms with Gasteiger partial charge in [0.15, 0.2) is 0 Å². The lowest BCUT2D eigenvalue weighted by atomic mass is 10.1. The van der Waals surface area contributed by atoms with Gasteiger partial charge >= 0.3 is 6.03 Å². The molecule has 0 aromatic carbocycles. The molecule has 0 aromatic rings. The molecule has 0 unspecified atom stereocenters. The second-order valence-electron chi connectivity index (χ2n) is 3.81. The Morgan fingerprint density at radius 3 is 3.13 bits per heavy atom. The molecule has 15 heavy (non-hydrogen) atoms. The van der Waals surface area contributed by atoms with Crippen LogP contribution in [-0.4, -0.2) is 29.4 Å². The normalized spacial score (nSPS) is 19.4. The van der Waals surface area contributed by atoms with E-state index < -0.39 is 0 Å². The van der Waals surface area contributed by atoms with Crippen molar-refractivity contribution < 1.29 is 4.79 Å². The zero-order valence-corrected chi connectivity index (χ0v) is 8.82. The monoisotopic (exact) mass is 203 g/mol. The summed E-state index contributed by atoms with van der Waals surface area (Å²) in [7, 11) is 0. The Morgan fingerprint density at radius 1 is 1.60 bits per heavy atom. The van der Waals surface area contributed by atoms with Crippen molar-refractivity contribution in [2.24, 2.45) is 4.99 Å². The van der Waals surface area contributed by atoms with E-state index in [1.54, 1.807) is 17.2 Å². The van der Waals surface area contributed by atoms with Gasteiger partial charge in [0.1, 0.15) is 0 Å². The Balaban J connectivity index is 2.28. The number of nitrogens with one attached hydrogen (secondary N) is 1. The summed E-state index contributed by atoms with van der Waals surface area (Å²) in [5.74, 6) is 2.74. The predicted octanol–water partition coefficient (Wildman–Crippen LogP) is 1.43. The van der Waals surface area contributed by atoms with Crippen LogP contribution in [0.3, 0.4) is 0 Å². The average molecular weight is 203 g/mol. The van der Waals surface area contributed by atoms with Gasteiger partial charge in [0.05, 0.1) is 6.54 Å². The SMILES string of the molecule is CC(C)N1CC2=CN=C=CC=C2NC1=O. The summed E-state index contributed by atoms with van der Waals surface area (Å²) in [5, 5.41) is 2.84. The molecule has 0 spiro atoms. The highest BCUT2D eigenvalue weighted by atomic mass is 16.2. The predicted molar refractivity (Wildman–Crippen MR) is 58.5 cm³/mol. The first-order valence-corrected chi connectivity index (χ1v) is 4.94. The Bertz CT molecular complexity index is 412. The van der Waals surface area contributed by atoms with Crippen molar-refractivity contribution in [2.45, 2.75) is 19.9 Å². The third-order valence-corrected chi connectivity index (χ3v) is 2.43. The number of rotatable bonds is 1. The number of carbonyl (C=O) groups excluding carboxylic acids is 1. The van der Waals surface area contributed by atoms with E-state index in [1.165, 1.54) is 0 Å². The van der Waals surface area contributed by atoms with E-state index in [-0.39, 0.29) is 12.1 Å². The molecule has 2 aliphatic heterocycles. The highest BCUT2D eigenvalue weighted by Crippen LogP contribution is 2.18. The number of urea groups is 1. The van der Waals surface area contributed by atoms with Gasteiger partial charge in [-0.1, -0.05) is 0 Å². The zero-order valence-electron chi connectivity index (χ0n) is 8.82. The summed E-state index contributed by atoms with van der Waals surface area (Å²) < 4.78 is 0. The van der Waals surface area contributed by atoms with Crippen molar-refractivity contribution in [1.82, 2.24) is 10.2 Å². The Labute approximate surface area is 88.7 Å². The number of hydrogen-bond acceptors (Lipinski definition) is 2. The zero-order chi connectivity index (χ0) is 10.8. The molecule has 0 aliphatic carbocycles. The molecular formula is C11H13N3O. The van der Waals surface area contributed by atoms with Crippen LogP contribution in [-0.2, 0) is 0 Å². The first-order chi connectivity index (χ1) is 7.18. The highest BCUT2D eigenvalue weighted by Gasteiger charge is 2.26. The van der Waals surface area contributed by atoms with Gasteiger partial charge in [-0.05, 0) is 25.8 Å². The summed E-state index contributed by atoms with van der Waals surface area (Å²) in [5.41, 5.74) is 1.84. The summed E-state index contributed by atoms with van der Waals surface area (Å²) >= 11 is 0. The second kappa shape index (κ2) is 3.75. The van der Waals surface area contributed by atoms with Gasteiger partial charge in [-0.3, -0.25) is 0 Å². The van der Waals surface area contributed by atoms with E-state index in [0.29, 0.717) is 6.54 Å². The molecule has 0 atom stereocenters. The van der Waals surface area contributed by atoms with Crippen molar-refractivity contribution in [2.75, 3.05) is 6.54 Å². The minimum absolute atomic E-state index is 0.0521. The smallest absolute Gasteiger partial charge is 0.318 e. The van der Waals surface area contributed by atoms with Crippen molar-refractivity contribution >= 4 is 11.9 Å². The summed E-state index contributed by atoms with van der Waals surface area (Å²) in [6.07, 6.45) is 5.26. The molecule has 0 saturated carbocycles.